The van der Waals surface area contributed by atoms with Gasteiger partial charge in [-0.05, 0) is 35.2 Å². The Morgan fingerprint density at radius 2 is 1.72 bits per heavy atom. The summed E-state index contributed by atoms with van der Waals surface area (Å²) in [5.74, 6) is 2.49. The predicted octanol–water partition coefficient (Wildman–Crippen LogP) is 6.89. The van der Waals surface area contributed by atoms with Crippen molar-refractivity contribution < 1.29 is 9.47 Å². The highest BCUT2D eigenvalue weighted by Gasteiger charge is 2.34. The van der Waals surface area contributed by atoms with Crippen molar-refractivity contribution in [3.05, 3.63) is 113 Å². The molecule has 0 radical (unpaired) electrons. The molecular weight excluding hydrogens is 472 g/mol. The number of nitrogens with zero attached hydrogens (tertiary/aromatic N) is 4. The van der Waals surface area contributed by atoms with E-state index in [0.29, 0.717) is 22.4 Å². The zero-order valence-electron chi connectivity index (χ0n) is 19.2. The third-order valence-corrected chi connectivity index (χ3v) is 6.99. The van der Waals surface area contributed by atoms with Crippen LogP contribution in [0.4, 0.5) is 0 Å². The lowest BCUT2D eigenvalue weighted by atomic mass is 9.83. The number of halogens is 1. The van der Waals surface area contributed by atoms with Crippen LogP contribution in [-0.4, -0.2) is 26.7 Å². The van der Waals surface area contributed by atoms with E-state index in [1.165, 1.54) is 0 Å². The molecule has 6 aromatic rings. The van der Waals surface area contributed by atoms with Gasteiger partial charge in [0.15, 0.2) is 11.5 Å². The lowest BCUT2D eigenvalue weighted by Crippen LogP contribution is -2.15. The molecule has 1 aliphatic rings. The van der Waals surface area contributed by atoms with Gasteiger partial charge in [0, 0.05) is 22.4 Å². The van der Waals surface area contributed by atoms with E-state index in [4.69, 9.17) is 31.2 Å². The molecule has 1 atom stereocenters. The molecule has 0 bridgehead atoms. The van der Waals surface area contributed by atoms with Gasteiger partial charge >= 0.3 is 0 Å². The molecule has 0 N–H and O–H groups in total. The number of hydrogen-bond donors (Lipinski definition) is 0. The molecule has 6 nitrogen and oxygen atoms in total. The maximum atomic E-state index is 6.49. The maximum absolute atomic E-state index is 6.49. The number of ether oxygens (including phenoxy) is 2. The van der Waals surface area contributed by atoms with Gasteiger partial charge < -0.3 is 9.47 Å². The number of aromatic nitrogens is 4. The summed E-state index contributed by atoms with van der Waals surface area (Å²) in [6.07, 6.45) is 1.64. The second-order valence-electron chi connectivity index (χ2n) is 8.66. The molecular formula is C29H19ClN4O2. The minimum atomic E-state index is -0.168. The second-order valence-corrected chi connectivity index (χ2v) is 9.07. The van der Waals surface area contributed by atoms with Gasteiger partial charge in [-0.2, -0.15) is 0 Å². The van der Waals surface area contributed by atoms with Gasteiger partial charge in [0.25, 0.3) is 0 Å². The molecule has 4 aromatic carbocycles. The first-order chi connectivity index (χ1) is 17.7. The fraction of sp³-hybridized carbons (Fsp3) is 0.0690. The van der Waals surface area contributed by atoms with Crippen LogP contribution in [0.25, 0.3) is 27.8 Å². The first-order valence-electron chi connectivity index (χ1n) is 11.5. The predicted molar refractivity (Wildman–Crippen MR) is 139 cm³/mol. The highest BCUT2D eigenvalue weighted by molar-refractivity contribution is 6.33. The molecule has 7 heteroatoms. The van der Waals surface area contributed by atoms with E-state index >= 15 is 0 Å². The number of fused-ring (bicyclic) bond motifs is 6. The Kier molecular flexibility index (Phi) is 4.69. The summed E-state index contributed by atoms with van der Waals surface area (Å²) >= 11 is 6.46. The van der Waals surface area contributed by atoms with Crippen LogP contribution in [0.2, 0.25) is 5.02 Å². The third-order valence-electron chi connectivity index (χ3n) is 6.66. The van der Waals surface area contributed by atoms with Gasteiger partial charge in [-0.25, -0.2) is 14.5 Å². The van der Waals surface area contributed by atoms with Crippen molar-refractivity contribution in [1.29, 1.82) is 0 Å². The summed E-state index contributed by atoms with van der Waals surface area (Å²) < 4.78 is 13.6. The lowest BCUT2D eigenvalue weighted by molar-refractivity contribution is 0.414. The SMILES string of the molecule is COc1ccc([C@H]2c3ccc4ccccc4c3Oc3ncn4nc(-c5ccccc5Cl)nc4c32)cc1. The van der Waals surface area contributed by atoms with Crippen LogP contribution in [0.15, 0.2) is 91.3 Å². The molecule has 0 amide bonds. The monoisotopic (exact) mass is 490 g/mol. The van der Waals surface area contributed by atoms with Crippen molar-refractivity contribution in [3.8, 4) is 28.8 Å². The summed E-state index contributed by atoms with van der Waals surface area (Å²) in [7, 11) is 1.67. The first kappa shape index (κ1) is 20.9. The van der Waals surface area contributed by atoms with E-state index in [1.54, 1.807) is 18.0 Å². The highest BCUT2D eigenvalue weighted by atomic mass is 35.5. The van der Waals surface area contributed by atoms with Crippen LogP contribution >= 0.6 is 11.6 Å². The minimum absolute atomic E-state index is 0.168. The molecule has 0 saturated carbocycles. The van der Waals surface area contributed by atoms with Crippen LogP contribution in [0.5, 0.6) is 17.4 Å². The van der Waals surface area contributed by atoms with E-state index in [2.05, 4.69) is 41.4 Å². The smallest absolute Gasteiger partial charge is 0.228 e. The van der Waals surface area contributed by atoms with Gasteiger partial charge in [0.1, 0.15) is 17.8 Å². The number of hydrogen-bond acceptors (Lipinski definition) is 5. The Balaban J connectivity index is 1.51. The first-order valence-corrected chi connectivity index (χ1v) is 11.9. The van der Waals surface area contributed by atoms with Crippen LogP contribution in [-0.2, 0) is 0 Å². The Morgan fingerprint density at radius 1 is 0.917 bits per heavy atom. The van der Waals surface area contributed by atoms with Gasteiger partial charge in [0.2, 0.25) is 5.88 Å². The van der Waals surface area contributed by atoms with Gasteiger partial charge in [-0.15, -0.1) is 5.10 Å². The molecule has 1 aliphatic heterocycles. The van der Waals surface area contributed by atoms with Gasteiger partial charge in [-0.3, -0.25) is 0 Å². The van der Waals surface area contributed by atoms with E-state index in [0.717, 1.165) is 44.5 Å². The lowest BCUT2D eigenvalue weighted by Gasteiger charge is -2.28. The molecule has 0 fully saturated rings. The third kappa shape index (κ3) is 3.15. The van der Waals surface area contributed by atoms with Crippen molar-refractivity contribution in [2.45, 2.75) is 5.92 Å². The van der Waals surface area contributed by atoms with Crippen molar-refractivity contribution in [3.63, 3.8) is 0 Å². The Hall–Kier alpha value is -4.42. The molecule has 3 heterocycles. The van der Waals surface area contributed by atoms with Gasteiger partial charge in [0.05, 0.1) is 17.7 Å². The zero-order valence-corrected chi connectivity index (χ0v) is 20.0. The molecule has 7 rings (SSSR count). The molecule has 174 valence electrons. The number of benzene rings is 4. The Labute approximate surface area is 211 Å². The normalized spacial score (nSPS) is 14.3. The average molecular weight is 491 g/mol. The summed E-state index contributed by atoms with van der Waals surface area (Å²) in [5, 5.41) is 7.44. The van der Waals surface area contributed by atoms with Crippen LogP contribution in [0, 0.1) is 0 Å². The zero-order chi connectivity index (χ0) is 24.2. The summed E-state index contributed by atoms with van der Waals surface area (Å²) in [4.78, 5) is 9.60. The molecule has 0 saturated heterocycles. The van der Waals surface area contributed by atoms with Crippen LogP contribution in [0.1, 0.15) is 22.6 Å². The van der Waals surface area contributed by atoms with E-state index in [-0.39, 0.29) is 5.92 Å². The molecule has 2 aromatic heterocycles. The summed E-state index contributed by atoms with van der Waals surface area (Å²) in [6, 6.07) is 28.1. The van der Waals surface area contributed by atoms with E-state index in [9.17, 15) is 0 Å². The number of methoxy groups -OCH3 is 1. The molecule has 0 aliphatic carbocycles. The molecule has 36 heavy (non-hydrogen) atoms. The van der Waals surface area contributed by atoms with Crippen molar-refractivity contribution in [2.75, 3.05) is 7.11 Å². The van der Waals surface area contributed by atoms with E-state index < -0.39 is 0 Å². The second kappa shape index (κ2) is 8.07. The quantitative estimate of drug-likeness (QED) is 0.270. The summed E-state index contributed by atoms with van der Waals surface area (Å²) in [5.41, 5.74) is 4.42. The molecule has 0 spiro atoms. The van der Waals surface area contributed by atoms with Crippen molar-refractivity contribution in [2.24, 2.45) is 0 Å². The van der Waals surface area contributed by atoms with Gasteiger partial charge in [-0.1, -0.05) is 72.3 Å². The Morgan fingerprint density at radius 3 is 2.56 bits per heavy atom. The number of rotatable bonds is 3. The molecule has 0 unspecified atom stereocenters. The topological polar surface area (TPSA) is 61.5 Å². The fourth-order valence-electron chi connectivity index (χ4n) is 4.95. The van der Waals surface area contributed by atoms with Crippen molar-refractivity contribution in [1.82, 2.24) is 19.6 Å². The highest BCUT2D eigenvalue weighted by Crippen LogP contribution is 2.50. The van der Waals surface area contributed by atoms with Crippen LogP contribution < -0.4 is 9.47 Å². The van der Waals surface area contributed by atoms with Crippen molar-refractivity contribution >= 4 is 28.0 Å². The average Bonchev–Trinajstić information content (AvgIpc) is 3.36. The fourth-order valence-corrected chi connectivity index (χ4v) is 5.17. The van der Waals surface area contributed by atoms with Crippen LogP contribution in [0.3, 0.4) is 0 Å². The summed E-state index contributed by atoms with van der Waals surface area (Å²) in [6.45, 7) is 0. The van der Waals surface area contributed by atoms with E-state index in [1.807, 2.05) is 48.5 Å². The largest absolute Gasteiger partial charge is 0.497 e. The Bertz CT molecular complexity index is 1780. The minimum Gasteiger partial charge on any atom is -0.497 e. The standard InChI is InChI=1S/C29H19ClN4O2/c1-35-19-13-10-18(11-14-19)24-22-15-12-17-6-2-3-7-20(17)26(22)36-29-25(24)28-32-27(33-34(28)16-31-29)21-8-4-5-9-23(21)30/h2-16,24H,1H3/t24-/m0/s1. The maximum Gasteiger partial charge on any atom is 0.228 e.